The maximum absolute atomic E-state index is 12.3. The Balaban J connectivity index is 1.70. The van der Waals surface area contributed by atoms with Gasteiger partial charge in [0.25, 0.3) is 0 Å². The molecule has 0 aliphatic carbocycles. The number of piperidine rings is 1. The highest BCUT2D eigenvalue weighted by atomic mass is 16.2. The third-order valence-corrected chi connectivity index (χ3v) is 5.13. The van der Waals surface area contributed by atoms with Crippen molar-refractivity contribution in [3.63, 3.8) is 0 Å². The highest BCUT2D eigenvalue weighted by Crippen LogP contribution is 2.20. The van der Waals surface area contributed by atoms with E-state index >= 15 is 0 Å². The third-order valence-electron chi connectivity index (χ3n) is 5.13. The minimum Gasteiger partial charge on any atom is -0.338 e. The van der Waals surface area contributed by atoms with E-state index in [1.165, 1.54) is 25.1 Å². The summed E-state index contributed by atoms with van der Waals surface area (Å²) in [5, 5.41) is 6.18. The summed E-state index contributed by atoms with van der Waals surface area (Å²) in [6.07, 6.45) is 3.19. The van der Waals surface area contributed by atoms with Crippen LogP contribution in [0.25, 0.3) is 0 Å². The first-order chi connectivity index (χ1) is 12.9. The molecule has 1 fully saturated rings. The highest BCUT2D eigenvalue weighted by molar-refractivity contribution is 5.74. The van der Waals surface area contributed by atoms with E-state index in [0.717, 1.165) is 44.3 Å². The summed E-state index contributed by atoms with van der Waals surface area (Å²) in [5.74, 6) is 1.57. The molecule has 1 aromatic rings. The maximum Gasteiger partial charge on any atom is 0.315 e. The van der Waals surface area contributed by atoms with Crippen LogP contribution in [0.1, 0.15) is 32.3 Å². The highest BCUT2D eigenvalue weighted by Gasteiger charge is 2.21. The van der Waals surface area contributed by atoms with Crippen molar-refractivity contribution in [3.05, 3.63) is 35.9 Å². The molecular formula is C22H38N4O. The second kappa shape index (κ2) is 11.3. The van der Waals surface area contributed by atoms with Crippen molar-refractivity contribution in [2.45, 2.75) is 39.2 Å². The fraction of sp³-hybridized carbons (Fsp3) is 0.682. The van der Waals surface area contributed by atoms with Crippen molar-refractivity contribution >= 4 is 6.03 Å². The van der Waals surface area contributed by atoms with Crippen LogP contribution in [0.3, 0.4) is 0 Å². The fourth-order valence-corrected chi connectivity index (χ4v) is 4.22. The number of nitrogens with one attached hydrogen (secondary N) is 2. The van der Waals surface area contributed by atoms with Gasteiger partial charge in [-0.2, -0.15) is 0 Å². The Kier molecular flexibility index (Phi) is 9.08. The van der Waals surface area contributed by atoms with Crippen LogP contribution < -0.4 is 10.6 Å². The van der Waals surface area contributed by atoms with Gasteiger partial charge >= 0.3 is 6.03 Å². The number of amides is 2. The van der Waals surface area contributed by atoms with Gasteiger partial charge in [-0.1, -0.05) is 44.2 Å². The maximum atomic E-state index is 12.3. The van der Waals surface area contributed by atoms with E-state index in [4.69, 9.17) is 0 Å². The van der Waals surface area contributed by atoms with Gasteiger partial charge in [0.05, 0.1) is 0 Å². The number of carbonyl (C=O) groups is 1. The molecule has 5 nitrogen and oxygen atoms in total. The lowest BCUT2D eigenvalue weighted by molar-refractivity contribution is 0.139. The van der Waals surface area contributed by atoms with E-state index in [1.807, 2.05) is 32.3 Å². The van der Waals surface area contributed by atoms with Crippen LogP contribution in [0.15, 0.2) is 30.3 Å². The van der Waals surface area contributed by atoms with E-state index in [-0.39, 0.29) is 12.1 Å². The molecule has 1 aromatic carbocycles. The number of nitrogens with zero attached hydrogens (tertiary/aromatic N) is 2. The van der Waals surface area contributed by atoms with E-state index in [9.17, 15) is 4.79 Å². The molecule has 1 heterocycles. The van der Waals surface area contributed by atoms with Crippen molar-refractivity contribution in [1.82, 2.24) is 20.4 Å². The lowest BCUT2D eigenvalue weighted by Crippen LogP contribution is -2.48. The number of hydrogen-bond donors (Lipinski definition) is 2. The number of rotatable bonds is 9. The molecule has 27 heavy (non-hydrogen) atoms. The van der Waals surface area contributed by atoms with Gasteiger partial charge in [-0.25, -0.2) is 4.79 Å². The van der Waals surface area contributed by atoms with E-state index in [1.54, 1.807) is 0 Å². The molecule has 152 valence electrons. The molecule has 3 atom stereocenters. The number of likely N-dealkylation sites (N-methyl/N-ethyl adjacent to an activating group) is 1. The fourth-order valence-electron chi connectivity index (χ4n) is 4.22. The van der Waals surface area contributed by atoms with Crippen molar-refractivity contribution in [2.24, 2.45) is 11.8 Å². The minimum absolute atomic E-state index is 0.0573. The average Bonchev–Trinajstić information content (AvgIpc) is 2.58. The Labute approximate surface area is 165 Å². The van der Waals surface area contributed by atoms with Gasteiger partial charge in [-0.3, -0.25) is 0 Å². The zero-order chi connectivity index (χ0) is 19.6. The monoisotopic (exact) mass is 374 g/mol. The lowest BCUT2D eigenvalue weighted by atomic mass is 9.92. The van der Waals surface area contributed by atoms with Gasteiger partial charge in [0.15, 0.2) is 0 Å². The Morgan fingerprint density at radius 1 is 1.19 bits per heavy atom. The first-order valence-corrected chi connectivity index (χ1v) is 10.4. The second-order valence-electron chi connectivity index (χ2n) is 8.61. The Hall–Kier alpha value is -1.59. The van der Waals surface area contributed by atoms with Gasteiger partial charge < -0.3 is 20.4 Å². The van der Waals surface area contributed by atoms with Crippen LogP contribution in [0.2, 0.25) is 0 Å². The van der Waals surface area contributed by atoms with Crippen LogP contribution in [-0.2, 0) is 6.42 Å². The quantitative estimate of drug-likeness (QED) is 0.654. The van der Waals surface area contributed by atoms with Crippen molar-refractivity contribution in [3.8, 4) is 0 Å². The molecule has 2 amide bonds. The molecule has 1 aliphatic heterocycles. The van der Waals surface area contributed by atoms with Crippen molar-refractivity contribution in [1.29, 1.82) is 0 Å². The predicted octanol–water partition coefficient (Wildman–Crippen LogP) is 2.83. The number of benzene rings is 1. The average molecular weight is 375 g/mol. The van der Waals surface area contributed by atoms with E-state index < -0.39 is 0 Å². The number of carbonyl (C=O) groups excluding carboxylic acids is 1. The van der Waals surface area contributed by atoms with Crippen LogP contribution in [0.5, 0.6) is 0 Å². The first-order valence-electron chi connectivity index (χ1n) is 10.4. The summed E-state index contributed by atoms with van der Waals surface area (Å²) in [4.78, 5) is 17.0. The molecule has 3 unspecified atom stereocenters. The largest absolute Gasteiger partial charge is 0.338 e. The summed E-state index contributed by atoms with van der Waals surface area (Å²) in [6.45, 7) is 9.69. The molecule has 0 saturated carbocycles. The zero-order valence-corrected chi connectivity index (χ0v) is 17.6. The first kappa shape index (κ1) is 21.7. The molecule has 5 heteroatoms. The second-order valence-corrected chi connectivity index (χ2v) is 8.61. The van der Waals surface area contributed by atoms with Crippen LogP contribution in [-0.4, -0.2) is 68.7 Å². The molecule has 0 spiro atoms. The Morgan fingerprint density at radius 2 is 1.85 bits per heavy atom. The SMILES string of the molecule is CC1CC(C)CN(CCCNC(=O)NC(Cc2ccccc2)CN(C)C)C1. The minimum atomic E-state index is -0.0573. The van der Waals surface area contributed by atoms with E-state index in [2.05, 4.69) is 46.4 Å². The topological polar surface area (TPSA) is 47.6 Å². The molecule has 2 N–H and O–H groups in total. The number of likely N-dealkylation sites (tertiary alicyclic amines) is 1. The van der Waals surface area contributed by atoms with Gasteiger partial charge in [-0.15, -0.1) is 0 Å². The van der Waals surface area contributed by atoms with Crippen molar-refractivity contribution in [2.75, 3.05) is 46.8 Å². The van der Waals surface area contributed by atoms with Gasteiger partial charge in [-0.05, 0) is 57.3 Å². The smallest absolute Gasteiger partial charge is 0.315 e. The summed E-state index contributed by atoms with van der Waals surface area (Å²) < 4.78 is 0. The molecule has 1 aliphatic rings. The lowest BCUT2D eigenvalue weighted by Gasteiger charge is -2.34. The standard InChI is InChI=1S/C22H38N4O/c1-18-13-19(2)16-26(15-18)12-8-11-23-22(27)24-21(17-25(3)4)14-20-9-6-5-7-10-20/h5-7,9-10,18-19,21H,8,11-17H2,1-4H3,(H2,23,24,27). The Bertz CT molecular complexity index is 539. The predicted molar refractivity (Wildman–Crippen MR) is 113 cm³/mol. The molecule has 0 aromatic heterocycles. The number of hydrogen-bond acceptors (Lipinski definition) is 3. The molecule has 2 rings (SSSR count). The van der Waals surface area contributed by atoms with Crippen LogP contribution >= 0.6 is 0 Å². The number of urea groups is 1. The molecule has 0 radical (unpaired) electrons. The zero-order valence-electron chi connectivity index (χ0n) is 17.6. The molecular weight excluding hydrogens is 336 g/mol. The van der Waals surface area contributed by atoms with E-state index in [0.29, 0.717) is 0 Å². The van der Waals surface area contributed by atoms with Gasteiger partial charge in [0.1, 0.15) is 0 Å². The summed E-state index contributed by atoms with van der Waals surface area (Å²) in [5.41, 5.74) is 1.25. The summed E-state index contributed by atoms with van der Waals surface area (Å²) in [6, 6.07) is 10.4. The summed E-state index contributed by atoms with van der Waals surface area (Å²) >= 11 is 0. The Morgan fingerprint density at radius 3 is 2.48 bits per heavy atom. The van der Waals surface area contributed by atoms with Gasteiger partial charge in [0, 0.05) is 32.2 Å². The molecule has 1 saturated heterocycles. The summed E-state index contributed by atoms with van der Waals surface area (Å²) in [7, 11) is 4.08. The van der Waals surface area contributed by atoms with Crippen LogP contribution in [0, 0.1) is 11.8 Å². The van der Waals surface area contributed by atoms with Crippen LogP contribution in [0.4, 0.5) is 4.79 Å². The van der Waals surface area contributed by atoms with Crippen molar-refractivity contribution < 1.29 is 4.79 Å². The third kappa shape index (κ3) is 8.76. The van der Waals surface area contributed by atoms with Gasteiger partial charge in [0.2, 0.25) is 0 Å². The normalized spacial score (nSPS) is 21.8. The molecule has 0 bridgehead atoms.